The van der Waals surface area contributed by atoms with Gasteiger partial charge in [-0.1, -0.05) is 0 Å². The molecular formula is C11H22N4O3. The summed E-state index contributed by atoms with van der Waals surface area (Å²) in [5.74, 6) is 0.792. The third-order valence-corrected chi connectivity index (χ3v) is 2.16. The van der Waals surface area contributed by atoms with Gasteiger partial charge in [0.05, 0.1) is 39.6 Å². The van der Waals surface area contributed by atoms with Crippen LogP contribution in [0.2, 0.25) is 0 Å². The van der Waals surface area contributed by atoms with Crippen LogP contribution in [0.1, 0.15) is 5.82 Å². The average Bonchev–Trinajstić information content (AvgIpc) is 2.77. The van der Waals surface area contributed by atoms with E-state index in [2.05, 4.69) is 15.4 Å². The molecule has 0 aliphatic heterocycles. The van der Waals surface area contributed by atoms with Crippen LogP contribution in [0.3, 0.4) is 0 Å². The second-order valence-corrected chi connectivity index (χ2v) is 3.73. The molecule has 0 atom stereocenters. The molecule has 0 radical (unpaired) electrons. The third-order valence-electron chi connectivity index (χ3n) is 2.16. The molecule has 1 heterocycles. The molecule has 1 N–H and O–H groups in total. The summed E-state index contributed by atoms with van der Waals surface area (Å²) in [5.41, 5.74) is 0. The van der Waals surface area contributed by atoms with Crippen LogP contribution < -0.4 is 5.32 Å². The van der Waals surface area contributed by atoms with Gasteiger partial charge in [-0.25, -0.2) is 4.98 Å². The van der Waals surface area contributed by atoms with Crippen molar-refractivity contribution in [3.8, 4) is 0 Å². The molecule has 1 aromatic rings. The van der Waals surface area contributed by atoms with Gasteiger partial charge in [-0.2, -0.15) is 5.10 Å². The van der Waals surface area contributed by atoms with Crippen molar-refractivity contribution in [2.45, 2.75) is 6.54 Å². The summed E-state index contributed by atoms with van der Waals surface area (Å²) in [6, 6.07) is 0. The normalized spacial score (nSPS) is 11.0. The van der Waals surface area contributed by atoms with E-state index in [0.29, 0.717) is 39.6 Å². The van der Waals surface area contributed by atoms with Crippen LogP contribution in [0.15, 0.2) is 6.33 Å². The van der Waals surface area contributed by atoms with E-state index in [-0.39, 0.29) is 0 Å². The van der Waals surface area contributed by atoms with E-state index in [9.17, 15) is 0 Å². The molecule has 0 aromatic carbocycles. The highest BCUT2D eigenvalue weighted by Gasteiger charge is 1.97. The average molecular weight is 258 g/mol. The van der Waals surface area contributed by atoms with Gasteiger partial charge in [0.15, 0.2) is 5.82 Å². The first-order valence-corrected chi connectivity index (χ1v) is 6.02. The predicted octanol–water partition coefficient (Wildman–Crippen LogP) is -0.416. The van der Waals surface area contributed by atoms with E-state index in [0.717, 1.165) is 12.4 Å². The zero-order chi connectivity index (χ0) is 13.1. The molecule has 0 amide bonds. The Bertz CT molecular complexity index is 306. The Kier molecular flexibility index (Phi) is 8.32. The number of hydrogen-bond donors (Lipinski definition) is 1. The highest BCUT2D eigenvalue weighted by atomic mass is 16.5. The topological polar surface area (TPSA) is 70.4 Å². The molecule has 0 spiro atoms. The van der Waals surface area contributed by atoms with Crippen LogP contribution in [-0.4, -0.2) is 61.5 Å². The number of methoxy groups -OCH3 is 1. The number of nitrogens with zero attached hydrogens (tertiary/aromatic N) is 3. The number of ether oxygens (including phenoxy) is 3. The van der Waals surface area contributed by atoms with Crippen LogP contribution in [-0.2, 0) is 27.8 Å². The number of aryl methyl sites for hydroxylation is 1. The van der Waals surface area contributed by atoms with Gasteiger partial charge in [0.25, 0.3) is 0 Å². The fraction of sp³-hybridized carbons (Fsp3) is 0.818. The number of aromatic nitrogens is 3. The molecule has 0 aliphatic carbocycles. The van der Waals surface area contributed by atoms with Crippen molar-refractivity contribution in [1.82, 2.24) is 20.1 Å². The maximum Gasteiger partial charge on any atom is 0.164 e. The summed E-state index contributed by atoms with van der Waals surface area (Å²) in [5, 5.41) is 7.36. The van der Waals surface area contributed by atoms with Crippen molar-refractivity contribution >= 4 is 0 Å². The minimum Gasteiger partial charge on any atom is -0.382 e. The largest absolute Gasteiger partial charge is 0.382 e. The van der Waals surface area contributed by atoms with E-state index in [4.69, 9.17) is 14.2 Å². The summed E-state index contributed by atoms with van der Waals surface area (Å²) in [6.07, 6.45) is 1.69. The highest BCUT2D eigenvalue weighted by molar-refractivity contribution is 4.79. The van der Waals surface area contributed by atoms with E-state index in [1.165, 1.54) is 0 Å². The molecule has 0 aliphatic rings. The Hall–Kier alpha value is -1.02. The third kappa shape index (κ3) is 7.33. The fourth-order valence-corrected chi connectivity index (χ4v) is 1.27. The SMILES string of the molecule is COCCOCCOCCNCc1ncn(C)n1. The Morgan fingerprint density at radius 1 is 1.17 bits per heavy atom. The Morgan fingerprint density at radius 2 is 1.89 bits per heavy atom. The summed E-state index contributed by atoms with van der Waals surface area (Å²) in [7, 11) is 3.51. The van der Waals surface area contributed by atoms with Gasteiger partial charge in [0.1, 0.15) is 6.33 Å². The lowest BCUT2D eigenvalue weighted by molar-refractivity contribution is 0.0255. The first-order valence-electron chi connectivity index (χ1n) is 6.02. The van der Waals surface area contributed by atoms with Crippen molar-refractivity contribution in [3.63, 3.8) is 0 Å². The molecule has 18 heavy (non-hydrogen) atoms. The zero-order valence-corrected chi connectivity index (χ0v) is 11.1. The van der Waals surface area contributed by atoms with Gasteiger partial charge in [-0.05, 0) is 0 Å². The molecule has 1 rings (SSSR count). The highest BCUT2D eigenvalue weighted by Crippen LogP contribution is 1.86. The smallest absolute Gasteiger partial charge is 0.164 e. The second-order valence-electron chi connectivity index (χ2n) is 3.73. The van der Waals surface area contributed by atoms with Gasteiger partial charge < -0.3 is 19.5 Å². The zero-order valence-electron chi connectivity index (χ0n) is 11.1. The van der Waals surface area contributed by atoms with Gasteiger partial charge in [-0.3, -0.25) is 4.68 Å². The van der Waals surface area contributed by atoms with Crippen molar-refractivity contribution in [3.05, 3.63) is 12.2 Å². The van der Waals surface area contributed by atoms with Gasteiger partial charge in [-0.15, -0.1) is 0 Å². The molecule has 0 unspecified atom stereocenters. The summed E-state index contributed by atoms with van der Waals surface area (Å²) in [6.45, 7) is 4.53. The fourth-order valence-electron chi connectivity index (χ4n) is 1.27. The van der Waals surface area contributed by atoms with Crippen molar-refractivity contribution in [2.24, 2.45) is 7.05 Å². The first-order chi connectivity index (χ1) is 8.83. The quantitative estimate of drug-likeness (QED) is 0.544. The van der Waals surface area contributed by atoms with Crippen LogP contribution in [0.4, 0.5) is 0 Å². The van der Waals surface area contributed by atoms with Crippen LogP contribution >= 0.6 is 0 Å². The van der Waals surface area contributed by atoms with Crippen molar-refractivity contribution < 1.29 is 14.2 Å². The van der Waals surface area contributed by atoms with E-state index >= 15 is 0 Å². The predicted molar refractivity (Wildman–Crippen MR) is 66.2 cm³/mol. The molecule has 104 valence electrons. The molecule has 0 saturated heterocycles. The maximum absolute atomic E-state index is 5.38. The molecule has 0 saturated carbocycles. The lowest BCUT2D eigenvalue weighted by atomic mass is 10.5. The number of rotatable bonds is 11. The Morgan fingerprint density at radius 3 is 2.56 bits per heavy atom. The maximum atomic E-state index is 5.38. The van der Waals surface area contributed by atoms with Gasteiger partial charge in [0.2, 0.25) is 0 Å². The molecule has 1 aromatic heterocycles. The lowest BCUT2D eigenvalue weighted by Crippen LogP contribution is -2.21. The monoisotopic (exact) mass is 258 g/mol. The number of hydrogen-bond acceptors (Lipinski definition) is 6. The van der Waals surface area contributed by atoms with E-state index in [1.54, 1.807) is 18.1 Å². The van der Waals surface area contributed by atoms with Crippen molar-refractivity contribution in [2.75, 3.05) is 46.7 Å². The lowest BCUT2D eigenvalue weighted by Gasteiger charge is -2.05. The van der Waals surface area contributed by atoms with Crippen LogP contribution in [0.25, 0.3) is 0 Å². The standard InChI is InChI=1S/C11H22N4O3/c1-15-10-13-11(14-15)9-12-3-4-17-7-8-18-6-5-16-2/h10,12H,3-9H2,1-2H3. The Labute approximate surface area is 107 Å². The van der Waals surface area contributed by atoms with Gasteiger partial charge >= 0.3 is 0 Å². The summed E-state index contributed by atoms with van der Waals surface area (Å²) < 4.78 is 17.2. The first kappa shape index (κ1) is 15.0. The summed E-state index contributed by atoms with van der Waals surface area (Å²) in [4.78, 5) is 4.11. The minimum absolute atomic E-state index is 0.602. The minimum atomic E-state index is 0.602. The molecular weight excluding hydrogens is 236 g/mol. The number of nitrogens with one attached hydrogen (secondary N) is 1. The van der Waals surface area contributed by atoms with Gasteiger partial charge in [0, 0.05) is 20.7 Å². The van der Waals surface area contributed by atoms with Crippen LogP contribution in [0, 0.1) is 0 Å². The Balaban J connectivity index is 1.81. The molecule has 0 fully saturated rings. The molecule has 7 nitrogen and oxygen atoms in total. The van der Waals surface area contributed by atoms with E-state index < -0.39 is 0 Å². The molecule has 7 heteroatoms. The second kappa shape index (κ2) is 9.95. The molecule has 0 bridgehead atoms. The van der Waals surface area contributed by atoms with Crippen molar-refractivity contribution in [1.29, 1.82) is 0 Å². The van der Waals surface area contributed by atoms with Crippen LogP contribution in [0.5, 0.6) is 0 Å². The summed E-state index contributed by atoms with van der Waals surface area (Å²) >= 11 is 0. The van der Waals surface area contributed by atoms with E-state index in [1.807, 2.05) is 7.05 Å².